The fourth-order valence-corrected chi connectivity index (χ4v) is 0.203. The zero-order valence-corrected chi connectivity index (χ0v) is 4.01. The van der Waals surface area contributed by atoms with E-state index in [0.717, 1.165) is 0 Å². The van der Waals surface area contributed by atoms with Gasteiger partial charge >= 0.3 is 5.97 Å². The molecule has 0 spiro atoms. The van der Waals surface area contributed by atoms with E-state index in [4.69, 9.17) is 5.11 Å². The molecule has 0 radical (unpaired) electrons. The van der Waals surface area contributed by atoms with E-state index in [0.29, 0.717) is 0 Å². The van der Waals surface area contributed by atoms with Crippen LogP contribution >= 0.6 is 9.03 Å². The lowest BCUT2D eigenvalue weighted by Gasteiger charge is -1.75. The molecule has 6 heavy (non-hydrogen) atoms. The third-order valence-electron chi connectivity index (χ3n) is 0.214. The molecular weight excluding hydrogens is 101 g/mol. The number of hydrogen-bond donors (Lipinski definition) is 1. The summed E-state index contributed by atoms with van der Waals surface area (Å²) in [5, 5.41) is 7.79. The van der Waals surface area contributed by atoms with Crippen LogP contribution in [0.25, 0.3) is 0 Å². The van der Waals surface area contributed by atoms with E-state index in [-0.39, 0.29) is 6.54 Å². The standard InChI is InChI=1S/C2H4NO2P/c4-2(5)1-3-6/h6H,1H2,(H,4,5). The van der Waals surface area contributed by atoms with Crippen LogP contribution < -0.4 is 0 Å². The van der Waals surface area contributed by atoms with Crippen molar-refractivity contribution in [2.24, 2.45) is 4.74 Å². The normalized spacial score (nSPS) is 7.33. The molecule has 0 bridgehead atoms. The summed E-state index contributed by atoms with van der Waals surface area (Å²) < 4.78 is 3.14. The first-order chi connectivity index (χ1) is 2.77. The van der Waals surface area contributed by atoms with Crippen LogP contribution in [-0.4, -0.2) is 17.6 Å². The molecule has 0 heterocycles. The van der Waals surface area contributed by atoms with E-state index in [2.05, 4.69) is 13.8 Å². The number of rotatable bonds is 2. The Kier molecular flexibility index (Phi) is 2.59. The van der Waals surface area contributed by atoms with Crippen LogP contribution in [0.1, 0.15) is 0 Å². The second-order valence-electron chi connectivity index (χ2n) is 0.710. The molecule has 1 N–H and O–H groups in total. The molecule has 0 aliphatic carbocycles. The number of nitrogens with zero attached hydrogens (tertiary/aromatic N) is 1. The predicted molar refractivity (Wildman–Crippen MR) is 23.2 cm³/mol. The molecule has 0 aliphatic rings. The minimum Gasteiger partial charge on any atom is -0.480 e. The number of carboxylic acid groups (broad SMARTS) is 1. The first-order valence-electron chi connectivity index (χ1n) is 1.32. The molecule has 4 heteroatoms. The molecule has 0 saturated carbocycles. The number of hydrogen-bond acceptors (Lipinski definition) is 2. The summed E-state index contributed by atoms with van der Waals surface area (Å²) in [6, 6.07) is 0. The maximum Gasteiger partial charge on any atom is 0.325 e. The maximum atomic E-state index is 9.47. The fourth-order valence-electron chi connectivity index (χ4n) is 0.0676. The Labute approximate surface area is 37.3 Å². The zero-order valence-electron chi connectivity index (χ0n) is 3.01. The van der Waals surface area contributed by atoms with Crippen LogP contribution in [0.4, 0.5) is 0 Å². The maximum absolute atomic E-state index is 9.47. The van der Waals surface area contributed by atoms with Crippen molar-refractivity contribution in [1.82, 2.24) is 0 Å². The van der Waals surface area contributed by atoms with E-state index in [9.17, 15) is 4.79 Å². The van der Waals surface area contributed by atoms with Gasteiger partial charge in [-0.2, -0.15) is 0 Å². The Balaban J connectivity index is 3.05. The highest BCUT2D eigenvalue weighted by molar-refractivity contribution is 7.04. The Morgan fingerprint density at radius 2 is 2.50 bits per heavy atom. The van der Waals surface area contributed by atoms with Crippen LogP contribution in [0.3, 0.4) is 0 Å². The lowest BCUT2D eigenvalue weighted by atomic mass is 10.7. The molecule has 0 rings (SSSR count). The molecular formula is C2H4NO2P. The highest BCUT2D eigenvalue weighted by Gasteiger charge is 1.85. The van der Waals surface area contributed by atoms with Gasteiger partial charge in [-0.25, -0.2) is 0 Å². The van der Waals surface area contributed by atoms with Crippen molar-refractivity contribution in [2.45, 2.75) is 0 Å². The number of aliphatic carboxylic acids is 1. The number of carbonyl (C=O) groups is 1. The topological polar surface area (TPSA) is 49.7 Å². The molecule has 0 aliphatic heterocycles. The van der Waals surface area contributed by atoms with Crippen LogP contribution in [0.5, 0.6) is 0 Å². The van der Waals surface area contributed by atoms with Gasteiger partial charge in [-0.15, -0.1) is 0 Å². The molecule has 0 aromatic heterocycles. The Hall–Kier alpha value is -0.430. The summed E-state index contributed by atoms with van der Waals surface area (Å²) in [6.45, 7) is -0.170. The van der Waals surface area contributed by atoms with Gasteiger partial charge < -0.3 is 5.11 Å². The molecule has 0 atom stereocenters. The summed E-state index contributed by atoms with van der Waals surface area (Å²) in [5.74, 6) is -0.926. The summed E-state index contributed by atoms with van der Waals surface area (Å²) in [4.78, 5) is 9.47. The summed E-state index contributed by atoms with van der Waals surface area (Å²) >= 11 is 0. The second-order valence-corrected chi connectivity index (χ2v) is 1.03. The van der Waals surface area contributed by atoms with Gasteiger partial charge in [0.25, 0.3) is 0 Å². The summed E-state index contributed by atoms with van der Waals surface area (Å²) in [5.41, 5.74) is 0. The fraction of sp³-hybridized carbons (Fsp3) is 0.500. The average molecular weight is 105 g/mol. The minimum atomic E-state index is -0.926. The first kappa shape index (κ1) is 5.57. The van der Waals surface area contributed by atoms with Crippen LogP contribution in [0.2, 0.25) is 0 Å². The van der Waals surface area contributed by atoms with E-state index >= 15 is 0 Å². The van der Waals surface area contributed by atoms with Gasteiger partial charge in [0.15, 0.2) is 0 Å². The molecule has 0 aromatic rings. The number of carboxylic acids is 1. The van der Waals surface area contributed by atoms with Gasteiger partial charge in [-0.3, -0.25) is 9.54 Å². The van der Waals surface area contributed by atoms with Gasteiger partial charge in [-0.05, 0) is 9.03 Å². The van der Waals surface area contributed by atoms with E-state index in [1.165, 1.54) is 0 Å². The molecule has 0 amide bonds. The van der Waals surface area contributed by atoms with Crippen molar-refractivity contribution in [2.75, 3.05) is 6.54 Å². The molecule has 0 unspecified atom stereocenters. The van der Waals surface area contributed by atoms with Gasteiger partial charge in [0.1, 0.15) is 6.54 Å². The van der Waals surface area contributed by atoms with Crippen molar-refractivity contribution < 1.29 is 9.90 Å². The smallest absolute Gasteiger partial charge is 0.325 e. The third-order valence-corrected chi connectivity index (χ3v) is 0.372. The molecule has 34 valence electrons. The van der Waals surface area contributed by atoms with Gasteiger partial charge in [0, 0.05) is 0 Å². The lowest BCUT2D eigenvalue weighted by molar-refractivity contribution is -0.135. The Morgan fingerprint density at radius 3 is 2.50 bits per heavy atom. The van der Waals surface area contributed by atoms with Gasteiger partial charge in [0.2, 0.25) is 0 Å². The van der Waals surface area contributed by atoms with E-state index in [1.807, 2.05) is 0 Å². The second kappa shape index (κ2) is 2.79. The predicted octanol–water partition coefficient (Wildman–Crippen LogP) is 0.397. The van der Waals surface area contributed by atoms with Crippen molar-refractivity contribution in [3.8, 4) is 0 Å². The van der Waals surface area contributed by atoms with E-state index in [1.54, 1.807) is 0 Å². The van der Waals surface area contributed by atoms with Crippen LogP contribution in [0, 0.1) is 0 Å². The highest BCUT2D eigenvalue weighted by Crippen LogP contribution is 1.71. The quantitative estimate of drug-likeness (QED) is 0.516. The average Bonchev–Trinajstić information content (AvgIpc) is 1.35. The van der Waals surface area contributed by atoms with E-state index < -0.39 is 5.97 Å². The zero-order chi connectivity index (χ0) is 4.99. The lowest BCUT2D eigenvalue weighted by Crippen LogP contribution is -1.96. The van der Waals surface area contributed by atoms with Gasteiger partial charge in [-0.1, -0.05) is 0 Å². The Morgan fingerprint density at radius 1 is 2.00 bits per heavy atom. The van der Waals surface area contributed by atoms with Crippen molar-refractivity contribution in [3.05, 3.63) is 0 Å². The molecule has 0 fully saturated rings. The van der Waals surface area contributed by atoms with Crippen LogP contribution in [-0.2, 0) is 4.79 Å². The third kappa shape index (κ3) is 3.57. The van der Waals surface area contributed by atoms with Crippen molar-refractivity contribution in [1.29, 1.82) is 0 Å². The Bertz CT molecular complexity index is 71.9. The summed E-state index contributed by atoms with van der Waals surface area (Å²) in [7, 11) is 2.64. The van der Waals surface area contributed by atoms with Crippen molar-refractivity contribution >= 4 is 15.0 Å². The monoisotopic (exact) mass is 105 g/mol. The first-order valence-corrected chi connectivity index (χ1v) is 1.77. The largest absolute Gasteiger partial charge is 0.480 e. The van der Waals surface area contributed by atoms with Crippen molar-refractivity contribution in [3.63, 3.8) is 0 Å². The summed E-state index contributed by atoms with van der Waals surface area (Å²) in [6.07, 6.45) is 0. The molecule has 0 aromatic carbocycles. The molecule has 0 saturated heterocycles. The minimum absolute atomic E-state index is 0.170. The highest BCUT2D eigenvalue weighted by atomic mass is 31.0. The van der Waals surface area contributed by atoms with Gasteiger partial charge in [0.05, 0.1) is 0 Å². The molecule has 3 nitrogen and oxygen atoms in total. The SMILES string of the molecule is O=C(O)CN=P. The van der Waals surface area contributed by atoms with Crippen LogP contribution in [0.15, 0.2) is 4.74 Å².